The molecule has 0 bridgehead atoms. The number of halogens is 5. The summed E-state index contributed by atoms with van der Waals surface area (Å²) < 4.78 is 64.7. The number of alkyl halides is 3. The summed E-state index contributed by atoms with van der Waals surface area (Å²) in [4.78, 5) is 0. The third kappa shape index (κ3) is 4.92. The third-order valence-corrected chi connectivity index (χ3v) is 5.51. The standard InChI is InChI=1S/C23H21F5/c1-2-15-3-5-16(6-4-15)17-7-9-18(10-8-17)19-13-21(24)20(22(25)14-19)11-12-23(26,27)28/h7-10,13-16H,2-6H2,1H3. The number of rotatable bonds is 3. The molecule has 1 fully saturated rings. The van der Waals surface area contributed by atoms with E-state index in [1.54, 1.807) is 12.1 Å². The Kier molecular flexibility index (Phi) is 6.07. The van der Waals surface area contributed by atoms with Crippen molar-refractivity contribution in [2.75, 3.05) is 0 Å². The lowest BCUT2D eigenvalue weighted by Gasteiger charge is -2.28. The summed E-state index contributed by atoms with van der Waals surface area (Å²) in [6, 6.07) is 9.59. The molecule has 2 aromatic rings. The van der Waals surface area contributed by atoms with Crippen molar-refractivity contribution >= 4 is 0 Å². The average molecular weight is 392 g/mol. The second-order valence-electron chi connectivity index (χ2n) is 7.31. The molecule has 0 spiro atoms. The van der Waals surface area contributed by atoms with Gasteiger partial charge >= 0.3 is 6.18 Å². The largest absolute Gasteiger partial charge is 0.458 e. The average Bonchev–Trinajstić information content (AvgIpc) is 2.66. The van der Waals surface area contributed by atoms with Gasteiger partial charge in [-0.2, -0.15) is 13.2 Å². The molecule has 1 aliphatic rings. The molecule has 0 amide bonds. The monoisotopic (exact) mass is 392 g/mol. The summed E-state index contributed by atoms with van der Waals surface area (Å²) in [5.41, 5.74) is 1.23. The van der Waals surface area contributed by atoms with Crippen LogP contribution in [0.1, 0.15) is 56.1 Å². The fraction of sp³-hybridized carbons (Fsp3) is 0.391. The van der Waals surface area contributed by atoms with Gasteiger partial charge in [-0.1, -0.05) is 43.5 Å². The Morgan fingerprint density at radius 2 is 1.46 bits per heavy atom. The highest BCUT2D eigenvalue weighted by Gasteiger charge is 2.24. The SMILES string of the molecule is CCC1CCC(c2ccc(-c3cc(F)c(C#CC(F)(F)F)c(F)c3)cc2)CC1. The van der Waals surface area contributed by atoms with Gasteiger partial charge in [0.2, 0.25) is 0 Å². The Bertz CT molecular complexity index is 853. The maximum absolute atomic E-state index is 14.1. The highest BCUT2D eigenvalue weighted by atomic mass is 19.4. The fourth-order valence-electron chi connectivity index (χ4n) is 3.84. The maximum atomic E-state index is 14.1. The van der Waals surface area contributed by atoms with E-state index in [1.807, 2.05) is 12.1 Å². The van der Waals surface area contributed by atoms with Crippen LogP contribution in [0.25, 0.3) is 11.1 Å². The summed E-state index contributed by atoms with van der Waals surface area (Å²) in [6.45, 7) is 2.22. The van der Waals surface area contributed by atoms with Gasteiger partial charge < -0.3 is 0 Å². The van der Waals surface area contributed by atoms with Gasteiger partial charge in [-0.15, -0.1) is 0 Å². The van der Waals surface area contributed by atoms with Gasteiger partial charge in [-0.05, 0) is 66.3 Å². The lowest BCUT2D eigenvalue weighted by atomic mass is 9.77. The lowest BCUT2D eigenvalue weighted by molar-refractivity contribution is -0.0696. The number of hydrogen-bond donors (Lipinski definition) is 0. The zero-order valence-corrected chi connectivity index (χ0v) is 15.5. The van der Waals surface area contributed by atoms with Crippen molar-refractivity contribution in [3.8, 4) is 23.0 Å². The van der Waals surface area contributed by atoms with Crippen LogP contribution < -0.4 is 0 Å². The van der Waals surface area contributed by atoms with E-state index in [-0.39, 0.29) is 5.56 Å². The first-order valence-electron chi connectivity index (χ1n) is 9.46. The Labute approximate surface area is 161 Å². The molecular formula is C23H21F5. The first-order chi connectivity index (χ1) is 13.3. The highest BCUT2D eigenvalue weighted by Crippen LogP contribution is 2.37. The first kappa shape index (κ1) is 20.4. The highest BCUT2D eigenvalue weighted by molar-refractivity contribution is 5.65. The maximum Gasteiger partial charge on any atom is 0.458 e. The van der Waals surface area contributed by atoms with Crippen LogP contribution in [0.3, 0.4) is 0 Å². The summed E-state index contributed by atoms with van der Waals surface area (Å²) in [7, 11) is 0. The Hall–Kier alpha value is -2.35. The predicted octanol–water partition coefficient (Wildman–Crippen LogP) is 7.23. The van der Waals surface area contributed by atoms with E-state index in [0.29, 0.717) is 11.5 Å². The van der Waals surface area contributed by atoms with Gasteiger partial charge in [0.05, 0.1) is 5.56 Å². The van der Waals surface area contributed by atoms with Crippen molar-refractivity contribution in [2.24, 2.45) is 5.92 Å². The molecule has 0 saturated heterocycles. The van der Waals surface area contributed by atoms with Gasteiger partial charge in [-0.25, -0.2) is 8.78 Å². The minimum atomic E-state index is -4.80. The van der Waals surface area contributed by atoms with E-state index < -0.39 is 23.4 Å². The van der Waals surface area contributed by atoms with Crippen LogP contribution in [0.2, 0.25) is 0 Å². The van der Waals surface area contributed by atoms with Crippen LogP contribution in [0.15, 0.2) is 36.4 Å². The van der Waals surface area contributed by atoms with E-state index in [1.165, 1.54) is 30.7 Å². The molecule has 148 valence electrons. The van der Waals surface area contributed by atoms with Crippen LogP contribution in [-0.4, -0.2) is 6.18 Å². The Morgan fingerprint density at radius 3 is 1.96 bits per heavy atom. The molecule has 0 aromatic heterocycles. The smallest absolute Gasteiger partial charge is 0.205 e. The van der Waals surface area contributed by atoms with Gasteiger partial charge in [-0.3, -0.25) is 0 Å². The lowest BCUT2D eigenvalue weighted by Crippen LogP contribution is -2.12. The van der Waals surface area contributed by atoms with E-state index in [2.05, 4.69) is 6.92 Å². The minimum Gasteiger partial charge on any atom is -0.205 e. The minimum absolute atomic E-state index is 0.272. The molecule has 0 N–H and O–H groups in total. The van der Waals surface area contributed by atoms with Gasteiger partial charge in [0.25, 0.3) is 0 Å². The summed E-state index contributed by atoms with van der Waals surface area (Å²) >= 11 is 0. The molecule has 0 radical (unpaired) electrons. The Balaban J connectivity index is 1.79. The molecule has 0 heterocycles. The summed E-state index contributed by atoms with van der Waals surface area (Å²) in [5, 5.41) is 0. The van der Waals surface area contributed by atoms with Crippen molar-refractivity contribution < 1.29 is 22.0 Å². The number of benzene rings is 2. The molecule has 0 nitrogen and oxygen atoms in total. The van der Waals surface area contributed by atoms with Crippen LogP contribution in [0, 0.1) is 29.4 Å². The molecule has 1 aliphatic carbocycles. The fourth-order valence-corrected chi connectivity index (χ4v) is 3.84. The topological polar surface area (TPSA) is 0 Å². The van der Waals surface area contributed by atoms with Gasteiger partial charge in [0.15, 0.2) is 0 Å². The second kappa shape index (κ2) is 8.34. The second-order valence-corrected chi connectivity index (χ2v) is 7.31. The first-order valence-corrected chi connectivity index (χ1v) is 9.46. The molecule has 2 aromatic carbocycles. The molecule has 1 saturated carbocycles. The zero-order valence-electron chi connectivity index (χ0n) is 15.5. The molecule has 5 heteroatoms. The quantitative estimate of drug-likeness (QED) is 0.382. The van der Waals surface area contributed by atoms with Crippen LogP contribution in [0.5, 0.6) is 0 Å². The van der Waals surface area contributed by atoms with Gasteiger partial charge in [0, 0.05) is 5.92 Å². The van der Waals surface area contributed by atoms with E-state index in [4.69, 9.17) is 0 Å². The van der Waals surface area contributed by atoms with Crippen molar-refractivity contribution in [1.29, 1.82) is 0 Å². The van der Waals surface area contributed by atoms with Crippen LogP contribution >= 0.6 is 0 Å². The molecule has 0 aliphatic heterocycles. The van der Waals surface area contributed by atoms with E-state index >= 15 is 0 Å². The normalized spacial score (nSPS) is 19.8. The number of hydrogen-bond acceptors (Lipinski definition) is 0. The van der Waals surface area contributed by atoms with Gasteiger partial charge in [0.1, 0.15) is 11.6 Å². The predicted molar refractivity (Wildman–Crippen MR) is 99.7 cm³/mol. The van der Waals surface area contributed by atoms with Crippen molar-refractivity contribution in [3.05, 3.63) is 59.2 Å². The molecule has 3 rings (SSSR count). The van der Waals surface area contributed by atoms with Crippen LogP contribution in [-0.2, 0) is 0 Å². The molecular weight excluding hydrogens is 371 g/mol. The summed E-state index contributed by atoms with van der Waals surface area (Å²) in [5.74, 6) is 1.54. The van der Waals surface area contributed by atoms with Crippen molar-refractivity contribution in [2.45, 2.75) is 51.1 Å². The molecule has 0 unspecified atom stereocenters. The zero-order chi connectivity index (χ0) is 20.3. The molecule has 28 heavy (non-hydrogen) atoms. The molecule has 0 atom stereocenters. The van der Waals surface area contributed by atoms with Crippen LogP contribution in [0.4, 0.5) is 22.0 Å². The van der Waals surface area contributed by atoms with E-state index in [0.717, 1.165) is 36.8 Å². The summed E-state index contributed by atoms with van der Waals surface area (Å²) in [6.07, 6.45) is 1.15. The van der Waals surface area contributed by atoms with E-state index in [9.17, 15) is 22.0 Å². The van der Waals surface area contributed by atoms with Crippen molar-refractivity contribution in [3.63, 3.8) is 0 Å². The third-order valence-electron chi connectivity index (χ3n) is 5.51. The Morgan fingerprint density at radius 1 is 0.893 bits per heavy atom. The van der Waals surface area contributed by atoms with Crippen molar-refractivity contribution in [1.82, 2.24) is 0 Å².